The molecule has 2 bridgehead atoms. The van der Waals surface area contributed by atoms with Crippen molar-refractivity contribution in [2.75, 3.05) is 25.0 Å². The Hall–Kier alpha value is -1.49. The molecule has 3 saturated heterocycles. The third kappa shape index (κ3) is 4.32. The van der Waals surface area contributed by atoms with Crippen LogP contribution < -0.4 is 10.1 Å². The molecule has 6 heteroatoms. The first-order valence-electron chi connectivity index (χ1n) is 8.03. The van der Waals surface area contributed by atoms with Crippen molar-refractivity contribution in [3.8, 4) is 5.75 Å². The molecule has 3 aliphatic rings. The number of hydrogen-bond acceptors (Lipinski definition) is 4. The van der Waals surface area contributed by atoms with Crippen LogP contribution in [0, 0.1) is 5.92 Å². The van der Waals surface area contributed by atoms with Crippen LogP contribution in [0.1, 0.15) is 12.8 Å². The summed E-state index contributed by atoms with van der Waals surface area (Å²) in [5.74, 6) is 1.70. The fourth-order valence-electron chi connectivity index (χ4n) is 3.44. The van der Waals surface area contributed by atoms with Gasteiger partial charge in [-0.1, -0.05) is 0 Å². The number of ether oxygens (including phenoxy) is 1. The highest BCUT2D eigenvalue weighted by Gasteiger charge is 2.35. The zero-order chi connectivity index (χ0) is 14.8. The first-order chi connectivity index (χ1) is 10.9. The highest BCUT2D eigenvalue weighted by atomic mass is 35.5. The van der Waals surface area contributed by atoms with Crippen LogP contribution in [-0.2, 0) is 0 Å². The molecule has 24 heavy (non-hydrogen) atoms. The third-order valence-electron chi connectivity index (χ3n) is 4.69. The second-order valence-corrected chi connectivity index (χ2v) is 6.19. The van der Waals surface area contributed by atoms with Crippen LogP contribution in [-0.4, -0.2) is 35.6 Å². The zero-order valence-electron chi connectivity index (χ0n) is 13.4. The number of benzene rings is 1. The van der Waals surface area contributed by atoms with E-state index in [9.17, 15) is 0 Å². The molecule has 0 aliphatic carbocycles. The van der Waals surface area contributed by atoms with Crippen LogP contribution in [0.4, 0.5) is 11.4 Å². The Bertz CT molecular complexity index is 616. The molecule has 3 aliphatic heterocycles. The lowest BCUT2D eigenvalue weighted by atomic mass is 9.86. The van der Waals surface area contributed by atoms with Crippen molar-refractivity contribution in [3.05, 3.63) is 48.8 Å². The molecular weight excluding hydrogens is 345 g/mol. The van der Waals surface area contributed by atoms with Crippen molar-refractivity contribution in [1.82, 2.24) is 9.88 Å². The summed E-state index contributed by atoms with van der Waals surface area (Å²) in [6.07, 6.45) is 6.52. The Labute approximate surface area is 155 Å². The maximum Gasteiger partial charge on any atom is 0.119 e. The summed E-state index contributed by atoms with van der Waals surface area (Å²) >= 11 is 0. The monoisotopic (exact) mass is 367 g/mol. The van der Waals surface area contributed by atoms with Crippen molar-refractivity contribution >= 4 is 36.2 Å². The maximum absolute atomic E-state index is 6.21. The quantitative estimate of drug-likeness (QED) is 0.880. The molecule has 4 heterocycles. The highest BCUT2D eigenvalue weighted by molar-refractivity contribution is 5.85. The smallest absolute Gasteiger partial charge is 0.119 e. The first-order valence-corrected chi connectivity index (χ1v) is 8.03. The van der Waals surface area contributed by atoms with Gasteiger partial charge in [0.15, 0.2) is 0 Å². The molecule has 1 unspecified atom stereocenters. The van der Waals surface area contributed by atoms with E-state index in [1.54, 1.807) is 6.20 Å². The molecule has 1 atom stereocenters. The van der Waals surface area contributed by atoms with Crippen molar-refractivity contribution in [3.63, 3.8) is 0 Å². The first kappa shape index (κ1) is 18.8. The summed E-state index contributed by atoms with van der Waals surface area (Å²) in [4.78, 5) is 6.62. The Morgan fingerprint density at radius 1 is 1.00 bits per heavy atom. The molecule has 0 spiro atoms. The number of rotatable bonds is 4. The third-order valence-corrected chi connectivity index (χ3v) is 4.69. The molecule has 0 radical (unpaired) electrons. The van der Waals surface area contributed by atoms with E-state index in [1.165, 1.54) is 25.9 Å². The van der Waals surface area contributed by atoms with Gasteiger partial charge in [0.1, 0.15) is 11.9 Å². The molecule has 0 amide bonds. The molecule has 0 saturated carbocycles. The van der Waals surface area contributed by atoms with E-state index in [0.29, 0.717) is 6.10 Å². The lowest BCUT2D eigenvalue weighted by Crippen LogP contribution is -2.52. The number of hydrogen-bond donors (Lipinski definition) is 1. The number of halogens is 2. The normalized spacial score (nSPS) is 24.4. The fourth-order valence-corrected chi connectivity index (χ4v) is 3.44. The van der Waals surface area contributed by atoms with E-state index in [-0.39, 0.29) is 24.8 Å². The van der Waals surface area contributed by atoms with Gasteiger partial charge in [0.05, 0.1) is 11.9 Å². The minimum absolute atomic E-state index is 0. The molecule has 4 nitrogen and oxygen atoms in total. The van der Waals surface area contributed by atoms with E-state index in [1.807, 2.05) is 18.3 Å². The SMILES string of the molecule is Cl.Cl.c1cncc(Nc2ccc(OC3CN4CCC3CC4)cc2)c1. The Kier molecular flexibility index (Phi) is 6.72. The van der Waals surface area contributed by atoms with Crippen LogP contribution in [0.25, 0.3) is 0 Å². The Balaban J connectivity index is 0.00000104. The lowest BCUT2D eigenvalue weighted by Gasteiger charge is -2.44. The summed E-state index contributed by atoms with van der Waals surface area (Å²) < 4.78 is 6.21. The van der Waals surface area contributed by atoms with Gasteiger partial charge in [-0.2, -0.15) is 0 Å². The molecule has 3 fully saturated rings. The van der Waals surface area contributed by atoms with Crippen molar-refractivity contribution in [2.24, 2.45) is 5.92 Å². The maximum atomic E-state index is 6.21. The van der Waals surface area contributed by atoms with Crippen molar-refractivity contribution < 1.29 is 4.74 Å². The van der Waals surface area contributed by atoms with Crippen molar-refractivity contribution in [1.29, 1.82) is 0 Å². The predicted molar refractivity (Wildman–Crippen MR) is 102 cm³/mol. The largest absolute Gasteiger partial charge is 0.489 e. The number of aromatic nitrogens is 1. The molecule has 1 N–H and O–H groups in total. The van der Waals surface area contributed by atoms with Gasteiger partial charge in [-0.3, -0.25) is 9.88 Å². The summed E-state index contributed by atoms with van der Waals surface area (Å²) in [5.41, 5.74) is 2.04. The Morgan fingerprint density at radius 2 is 1.75 bits per heavy atom. The summed E-state index contributed by atoms with van der Waals surface area (Å²) in [6.45, 7) is 3.58. The fraction of sp³-hybridized carbons (Fsp3) is 0.389. The molecule has 1 aromatic heterocycles. The summed E-state index contributed by atoms with van der Waals surface area (Å²) in [6, 6.07) is 12.2. The Morgan fingerprint density at radius 3 is 2.33 bits per heavy atom. The van der Waals surface area contributed by atoms with Crippen LogP contribution in [0.3, 0.4) is 0 Å². The van der Waals surface area contributed by atoms with E-state index < -0.39 is 0 Å². The minimum Gasteiger partial charge on any atom is -0.489 e. The highest BCUT2D eigenvalue weighted by Crippen LogP contribution is 2.31. The van der Waals surface area contributed by atoms with Gasteiger partial charge in [0.25, 0.3) is 0 Å². The molecule has 1 aromatic carbocycles. The van der Waals surface area contributed by atoms with E-state index in [4.69, 9.17) is 4.74 Å². The van der Waals surface area contributed by atoms with Crippen molar-refractivity contribution in [2.45, 2.75) is 18.9 Å². The second-order valence-electron chi connectivity index (χ2n) is 6.19. The molecule has 5 rings (SSSR count). The molecule has 130 valence electrons. The number of anilines is 2. The molecule has 2 aromatic rings. The van der Waals surface area contributed by atoms with Gasteiger partial charge in [0.2, 0.25) is 0 Å². The van der Waals surface area contributed by atoms with Gasteiger partial charge in [-0.25, -0.2) is 0 Å². The van der Waals surface area contributed by atoms with Crippen LogP contribution in [0.2, 0.25) is 0 Å². The van der Waals surface area contributed by atoms with Gasteiger partial charge in [-0.15, -0.1) is 24.8 Å². The van der Waals surface area contributed by atoms with Gasteiger partial charge in [-0.05, 0) is 68.2 Å². The topological polar surface area (TPSA) is 37.4 Å². The number of piperidine rings is 3. The van der Waals surface area contributed by atoms with Crippen LogP contribution >= 0.6 is 24.8 Å². The van der Waals surface area contributed by atoms with E-state index in [0.717, 1.165) is 29.6 Å². The predicted octanol–water partition coefficient (Wildman–Crippen LogP) is 4.14. The van der Waals surface area contributed by atoms with Gasteiger partial charge >= 0.3 is 0 Å². The average molecular weight is 368 g/mol. The summed E-state index contributed by atoms with van der Waals surface area (Å²) in [5, 5.41) is 3.34. The van der Waals surface area contributed by atoms with Crippen LogP contribution in [0.15, 0.2) is 48.8 Å². The minimum atomic E-state index is 0. The zero-order valence-corrected chi connectivity index (χ0v) is 15.1. The number of nitrogens with zero attached hydrogens (tertiary/aromatic N) is 2. The number of pyridine rings is 1. The number of fused-ring (bicyclic) bond motifs is 3. The second kappa shape index (κ2) is 8.56. The van der Waals surface area contributed by atoms with Gasteiger partial charge in [0, 0.05) is 18.4 Å². The standard InChI is InChI=1S/C18H21N3O.2ClH/c1-2-16(12-19-9-1)20-15-3-5-17(6-4-15)22-18-13-21-10-7-14(18)8-11-21;;/h1-6,9,12,14,18,20H,7-8,10-11,13H2;2*1H. The van der Waals surface area contributed by atoms with E-state index in [2.05, 4.69) is 39.5 Å². The molecular formula is C18H23Cl2N3O. The van der Waals surface area contributed by atoms with E-state index >= 15 is 0 Å². The summed E-state index contributed by atoms with van der Waals surface area (Å²) in [7, 11) is 0. The lowest BCUT2D eigenvalue weighted by molar-refractivity contribution is -0.00775. The average Bonchev–Trinajstić information content (AvgIpc) is 2.59. The van der Waals surface area contributed by atoms with Gasteiger partial charge < -0.3 is 10.1 Å². The van der Waals surface area contributed by atoms with Crippen LogP contribution in [0.5, 0.6) is 5.75 Å². The number of nitrogens with one attached hydrogen (secondary N) is 1.